The van der Waals surface area contributed by atoms with Crippen LogP contribution < -0.4 is 4.90 Å². The van der Waals surface area contributed by atoms with Crippen molar-refractivity contribution < 1.29 is 9.53 Å². The molecule has 0 unspecified atom stereocenters. The smallest absolute Gasteiger partial charge is 0.305 e. The van der Waals surface area contributed by atoms with Crippen LogP contribution in [0.2, 0.25) is 10.3 Å². The van der Waals surface area contributed by atoms with Crippen LogP contribution in [0.1, 0.15) is 39.0 Å². The van der Waals surface area contributed by atoms with Crippen molar-refractivity contribution in [1.29, 1.82) is 0 Å². The molecule has 0 aliphatic carbocycles. The molecule has 0 saturated heterocycles. The van der Waals surface area contributed by atoms with Crippen molar-refractivity contribution >= 4 is 35.1 Å². The SMILES string of the molecule is C#CCCCCN(CCCC(=O)OCC)c1nc(Cl)cc(Cl)n1. The van der Waals surface area contributed by atoms with Gasteiger partial charge in [0.2, 0.25) is 5.95 Å². The molecule has 0 atom stereocenters. The fourth-order valence-corrected chi connectivity index (χ4v) is 2.42. The van der Waals surface area contributed by atoms with Crippen LogP contribution in [0.3, 0.4) is 0 Å². The van der Waals surface area contributed by atoms with E-state index in [1.165, 1.54) is 6.07 Å². The van der Waals surface area contributed by atoms with E-state index in [-0.39, 0.29) is 5.97 Å². The Morgan fingerprint density at radius 2 is 1.91 bits per heavy atom. The Bertz CT molecular complexity index is 526. The third-order valence-corrected chi connectivity index (χ3v) is 3.44. The lowest BCUT2D eigenvalue weighted by Crippen LogP contribution is -2.28. The molecule has 1 rings (SSSR count). The number of esters is 1. The summed E-state index contributed by atoms with van der Waals surface area (Å²) < 4.78 is 4.93. The molecule has 0 fully saturated rings. The standard InChI is InChI=1S/C16H21Cl2N3O2/c1-3-5-6-7-10-21(11-8-9-15(22)23-4-2)16-19-13(17)12-14(18)20-16/h1,12H,4-11H2,2H3. The van der Waals surface area contributed by atoms with Gasteiger partial charge < -0.3 is 9.64 Å². The molecule has 0 bridgehead atoms. The minimum atomic E-state index is -0.204. The monoisotopic (exact) mass is 357 g/mol. The van der Waals surface area contributed by atoms with Gasteiger partial charge in [0, 0.05) is 32.0 Å². The van der Waals surface area contributed by atoms with E-state index in [9.17, 15) is 4.79 Å². The van der Waals surface area contributed by atoms with E-state index in [4.69, 9.17) is 34.4 Å². The highest BCUT2D eigenvalue weighted by atomic mass is 35.5. The summed E-state index contributed by atoms with van der Waals surface area (Å²) in [5.41, 5.74) is 0. The van der Waals surface area contributed by atoms with Gasteiger partial charge in [-0.05, 0) is 26.2 Å². The van der Waals surface area contributed by atoms with Crippen molar-refractivity contribution in [3.63, 3.8) is 0 Å². The van der Waals surface area contributed by atoms with Gasteiger partial charge >= 0.3 is 5.97 Å². The third kappa shape index (κ3) is 8.06. The number of aromatic nitrogens is 2. The van der Waals surface area contributed by atoms with Crippen molar-refractivity contribution in [2.45, 2.75) is 39.0 Å². The van der Waals surface area contributed by atoms with Crippen molar-refractivity contribution in [3.05, 3.63) is 16.4 Å². The van der Waals surface area contributed by atoms with Gasteiger partial charge in [-0.25, -0.2) is 9.97 Å². The molecule has 0 spiro atoms. The van der Waals surface area contributed by atoms with Crippen LogP contribution >= 0.6 is 23.2 Å². The van der Waals surface area contributed by atoms with Gasteiger partial charge in [0.1, 0.15) is 10.3 Å². The predicted molar refractivity (Wildman–Crippen MR) is 92.8 cm³/mol. The predicted octanol–water partition coefficient (Wildman–Crippen LogP) is 3.74. The Kier molecular flexibility index (Phi) is 9.42. The lowest BCUT2D eigenvalue weighted by molar-refractivity contribution is -0.143. The molecular formula is C16H21Cl2N3O2. The minimum absolute atomic E-state index is 0.204. The van der Waals surface area contributed by atoms with Crippen LogP contribution in [-0.4, -0.2) is 35.6 Å². The summed E-state index contributed by atoms with van der Waals surface area (Å²) in [5.74, 6) is 2.88. The Labute approximate surface area is 147 Å². The highest BCUT2D eigenvalue weighted by molar-refractivity contribution is 6.33. The molecule has 0 radical (unpaired) electrons. The van der Waals surface area contributed by atoms with E-state index in [0.29, 0.717) is 42.2 Å². The number of rotatable bonds is 10. The maximum absolute atomic E-state index is 11.4. The number of unbranched alkanes of at least 4 members (excludes halogenated alkanes) is 2. The van der Waals surface area contributed by atoms with Gasteiger partial charge in [-0.3, -0.25) is 4.79 Å². The number of anilines is 1. The second-order valence-electron chi connectivity index (χ2n) is 4.87. The fraction of sp³-hybridized carbons (Fsp3) is 0.562. The molecule has 7 heteroatoms. The van der Waals surface area contributed by atoms with Gasteiger partial charge in [0.15, 0.2) is 0 Å². The van der Waals surface area contributed by atoms with E-state index in [0.717, 1.165) is 25.8 Å². The number of carbonyl (C=O) groups excluding carboxylic acids is 1. The number of halogens is 2. The first-order valence-electron chi connectivity index (χ1n) is 7.61. The number of ether oxygens (including phenoxy) is 1. The lowest BCUT2D eigenvalue weighted by Gasteiger charge is -2.22. The zero-order chi connectivity index (χ0) is 17.1. The number of carbonyl (C=O) groups is 1. The van der Waals surface area contributed by atoms with Gasteiger partial charge in [-0.2, -0.15) is 0 Å². The molecule has 1 heterocycles. The normalized spacial score (nSPS) is 10.2. The van der Waals surface area contributed by atoms with Crippen molar-refractivity contribution in [2.24, 2.45) is 0 Å². The van der Waals surface area contributed by atoms with Gasteiger partial charge in [-0.1, -0.05) is 23.2 Å². The number of hydrogen-bond acceptors (Lipinski definition) is 5. The average Bonchev–Trinajstić information content (AvgIpc) is 2.49. The van der Waals surface area contributed by atoms with Gasteiger partial charge in [0.25, 0.3) is 0 Å². The van der Waals surface area contributed by atoms with Crippen molar-refractivity contribution in [1.82, 2.24) is 9.97 Å². The first-order valence-corrected chi connectivity index (χ1v) is 8.36. The highest BCUT2D eigenvalue weighted by Gasteiger charge is 2.12. The average molecular weight is 358 g/mol. The molecule has 1 aromatic heterocycles. The molecule has 1 aromatic rings. The first-order chi connectivity index (χ1) is 11.1. The summed E-state index contributed by atoms with van der Waals surface area (Å²) >= 11 is 11.9. The van der Waals surface area contributed by atoms with E-state index in [1.54, 1.807) is 6.92 Å². The summed E-state index contributed by atoms with van der Waals surface area (Å²) in [5, 5.41) is 0.582. The largest absolute Gasteiger partial charge is 0.466 e. The van der Waals surface area contributed by atoms with Crippen LogP contribution in [0.25, 0.3) is 0 Å². The zero-order valence-electron chi connectivity index (χ0n) is 13.2. The Morgan fingerprint density at radius 3 is 2.52 bits per heavy atom. The number of terminal acetylenes is 1. The maximum atomic E-state index is 11.4. The number of nitrogens with zero attached hydrogens (tertiary/aromatic N) is 3. The van der Waals surface area contributed by atoms with Crippen LogP contribution in [0.15, 0.2) is 6.07 Å². The Hall–Kier alpha value is -1.51. The van der Waals surface area contributed by atoms with Gasteiger partial charge in [0.05, 0.1) is 6.61 Å². The van der Waals surface area contributed by atoms with E-state index in [1.807, 2.05) is 4.90 Å². The molecule has 0 aliphatic rings. The van der Waals surface area contributed by atoms with E-state index >= 15 is 0 Å². The van der Waals surface area contributed by atoms with E-state index in [2.05, 4.69) is 15.9 Å². The maximum Gasteiger partial charge on any atom is 0.305 e. The summed E-state index contributed by atoms with van der Waals surface area (Å²) in [7, 11) is 0. The van der Waals surface area contributed by atoms with Gasteiger partial charge in [-0.15, -0.1) is 12.3 Å². The molecule has 0 aromatic carbocycles. The molecule has 23 heavy (non-hydrogen) atoms. The topological polar surface area (TPSA) is 55.3 Å². The van der Waals surface area contributed by atoms with Crippen molar-refractivity contribution in [3.8, 4) is 12.3 Å². The molecule has 0 N–H and O–H groups in total. The second-order valence-corrected chi connectivity index (χ2v) is 5.64. The van der Waals surface area contributed by atoms with Crippen LogP contribution in [0.4, 0.5) is 5.95 Å². The Balaban J connectivity index is 2.64. The summed E-state index contributed by atoms with van der Waals surface area (Å²) in [6.45, 7) is 3.52. The lowest BCUT2D eigenvalue weighted by atomic mass is 10.2. The summed E-state index contributed by atoms with van der Waals surface area (Å²) in [4.78, 5) is 21.8. The zero-order valence-corrected chi connectivity index (χ0v) is 14.7. The quantitative estimate of drug-likeness (QED) is 0.276. The van der Waals surface area contributed by atoms with Crippen LogP contribution in [-0.2, 0) is 9.53 Å². The highest BCUT2D eigenvalue weighted by Crippen LogP contribution is 2.18. The molecular weight excluding hydrogens is 337 g/mol. The van der Waals surface area contributed by atoms with E-state index < -0.39 is 0 Å². The number of hydrogen-bond donors (Lipinski definition) is 0. The molecule has 5 nitrogen and oxygen atoms in total. The minimum Gasteiger partial charge on any atom is -0.466 e. The summed E-state index contributed by atoms with van der Waals surface area (Å²) in [6.07, 6.45) is 8.80. The molecule has 126 valence electrons. The second kappa shape index (κ2) is 11.1. The van der Waals surface area contributed by atoms with Crippen LogP contribution in [0.5, 0.6) is 0 Å². The fourth-order valence-electron chi connectivity index (χ4n) is 2.01. The third-order valence-electron chi connectivity index (χ3n) is 3.05. The summed E-state index contributed by atoms with van der Waals surface area (Å²) in [6, 6.07) is 1.49. The Morgan fingerprint density at radius 1 is 1.26 bits per heavy atom. The first kappa shape index (κ1) is 19.5. The van der Waals surface area contributed by atoms with Crippen molar-refractivity contribution in [2.75, 3.05) is 24.6 Å². The molecule has 0 saturated carbocycles. The van der Waals surface area contributed by atoms with Crippen LogP contribution in [0, 0.1) is 12.3 Å². The molecule has 0 amide bonds. The molecule has 0 aliphatic heterocycles.